The zero-order valence-corrected chi connectivity index (χ0v) is 21.6. The standard InChI is InChI=1S/C29H38N2O6/c1-20(2)16-24(27(35)29(18-33)19-37-29)31-28(36)25(17-32)30-26(34)15-9-14-23(21-10-5-3-6-11-21)22-12-7-4-8-13-22/h3-8,10-13,20,23-25,32-33H,9,14-19H2,1-2H3,(H,30,34)(H,31,36)/t24?,25-,29?/m0/s1. The molecule has 0 aromatic heterocycles. The molecule has 0 spiro atoms. The normalized spacial score (nSPS) is 18.3. The van der Waals surface area contributed by atoms with Crippen molar-refractivity contribution in [1.82, 2.24) is 10.6 Å². The smallest absolute Gasteiger partial charge is 0.245 e. The van der Waals surface area contributed by atoms with Crippen LogP contribution in [-0.4, -0.2) is 65.3 Å². The fraction of sp³-hybridized carbons (Fsp3) is 0.483. The highest BCUT2D eigenvalue weighted by molar-refractivity contribution is 5.98. The van der Waals surface area contributed by atoms with Crippen LogP contribution in [0.3, 0.4) is 0 Å². The molecule has 1 saturated heterocycles. The highest BCUT2D eigenvalue weighted by Gasteiger charge is 2.54. The van der Waals surface area contributed by atoms with Crippen molar-refractivity contribution in [2.75, 3.05) is 19.8 Å². The molecule has 3 atom stereocenters. The number of carbonyl (C=O) groups is 3. The van der Waals surface area contributed by atoms with E-state index in [9.17, 15) is 24.6 Å². The Labute approximate surface area is 218 Å². The maximum atomic E-state index is 12.9. The van der Waals surface area contributed by atoms with Crippen LogP contribution in [0.4, 0.5) is 0 Å². The molecule has 200 valence electrons. The Kier molecular flexibility index (Phi) is 10.4. The van der Waals surface area contributed by atoms with Crippen molar-refractivity contribution >= 4 is 17.6 Å². The monoisotopic (exact) mass is 510 g/mol. The summed E-state index contributed by atoms with van der Waals surface area (Å²) in [4.78, 5) is 38.4. The SMILES string of the molecule is CC(C)CC(NC(=O)[C@H](CO)NC(=O)CCCC(c1ccccc1)c1ccccc1)C(=O)C1(CO)CO1. The number of aliphatic hydroxyl groups excluding tert-OH is 2. The third-order valence-electron chi connectivity index (χ3n) is 6.67. The van der Waals surface area contributed by atoms with Gasteiger partial charge in [0.25, 0.3) is 0 Å². The van der Waals surface area contributed by atoms with Crippen molar-refractivity contribution in [2.45, 2.75) is 63.1 Å². The summed E-state index contributed by atoms with van der Waals surface area (Å²) in [5.41, 5.74) is 1.07. The summed E-state index contributed by atoms with van der Waals surface area (Å²) >= 11 is 0. The van der Waals surface area contributed by atoms with Crippen molar-refractivity contribution in [2.24, 2.45) is 5.92 Å². The van der Waals surface area contributed by atoms with Gasteiger partial charge in [0, 0.05) is 12.3 Å². The highest BCUT2D eigenvalue weighted by atomic mass is 16.6. The van der Waals surface area contributed by atoms with Crippen LogP contribution in [0.2, 0.25) is 0 Å². The minimum absolute atomic E-state index is 0.0908. The van der Waals surface area contributed by atoms with E-state index in [0.29, 0.717) is 12.8 Å². The molecule has 0 saturated carbocycles. The number of amides is 2. The minimum Gasteiger partial charge on any atom is -0.394 e. The molecular formula is C29H38N2O6. The van der Waals surface area contributed by atoms with Gasteiger partial charge < -0.3 is 25.6 Å². The van der Waals surface area contributed by atoms with Gasteiger partial charge in [-0.15, -0.1) is 0 Å². The number of Topliss-reactive ketones (excluding diaryl/α,β-unsaturated/α-hetero) is 1. The molecule has 37 heavy (non-hydrogen) atoms. The Balaban J connectivity index is 1.56. The molecule has 1 aliphatic rings. The molecular weight excluding hydrogens is 472 g/mol. The van der Waals surface area contributed by atoms with E-state index < -0.39 is 42.6 Å². The molecule has 0 bridgehead atoms. The Morgan fingerprint density at radius 1 is 0.919 bits per heavy atom. The Bertz CT molecular complexity index is 984. The first-order chi connectivity index (χ1) is 17.8. The van der Waals surface area contributed by atoms with Crippen molar-refractivity contribution < 1.29 is 29.3 Å². The quantitative estimate of drug-likeness (QED) is 0.272. The van der Waals surface area contributed by atoms with E-state index in [0.717, 1.165) is 6.42 Å². The number of hydrogen-bond acceptors (Lipinski definition) is 6. The van der Waals surface area contributed by atoms with Crippen molar-refractivity contribution in [3.63, 3.8) is 0 Å². The van der Waals surface area contributed by atoms with Crippen molar-refractivity contribution in [1.29, 1.82) is 0 Å². The number of rotatable bonds is 15. The predicted octanol–water partition coefficient (Wildman–Crippen LogP) is 2.33. The molecule has 2 aromatic carbocycles. The van der Waals surface area contributed by atoms with Crippen LogP contribution in [0, 0.1) is 5.92 Å². The summed E-state index contributed by atoms with van der Waals surface area (Å²) in [6, 6.07) is 18.2. The number of benzene rings is 2. The lowest BCUT2D eigenvalue weighted by atomic mass is 9.87. The average molecular weight is 511 g/mol. The van der Waals surface area contributed by atoms with E-state index in [4.69, 9.17) is 4.74 Å². The Morgan fingerprint density at radius 3 is 1.95 bits per heavy atom. The van der Waals surface area contributed by atoms with Gasteiger partial charge in [-0.25, -0.2) is 0 Å². The number of ether oxygens (including phenoxy) is 1. The van der Waals surface area contributed by atoms with Crippen LogP contribution < -0.4 is 10.6 Å². The van der Waals surface area contributed by atoms with Gasteiger partial charge in [0.2, 0.25) is 11.8 Å². The van der Waals surface area contributed by atoms with Crippen LogP contribution in [0.25, 0.3) is 0 Å². The van der Waals surface area contributed by atoms with Gasteiger partial charge in [-0.3, -0.25) is 14.4 Å². The van der Waals surface area contributed by atoms with Crippen LogP contribution in [0.1, 0.15) is 56.6 Å². The highest BCUT2D eigenvalue weighted by Crippen LogP contribution is 2.31. The molecule has 1 heterocycles. The summed E-state index contributed by atoms with van der Waals surface area (Å²) in [5, 5.41) is 24.6. The second kappa shape index (κ2) is 13.5. The summed E-state index contributed by atoms with van der Waals surface area (Å²) < 4.78 is 5.16. The molecule has 8 heteroatoms. The van der Waals surface area contributed by atoms with E-state index in [-0.39, 0.29) is 30.8 Å². The molecule has 0 radical (unpaired) electrons. The first kappa shape index (κ1) is 28.5. The lowest BCUT2D eigenvalue weighted by Gasteiger charge is -2.24. The van der Waals surface area contributed by atoms with Gasteiger partial charge in [-0.2, -0.15) is 0 Å². The molecule has 8 nitrogen and oxygen atoms in total. The maximum absolute atomic E-state index is 12.9. The fourth-order valence-electron chi connectivity index (χ4n) is 4.52. The lowest BCUT2D eigenvalue weighted by molar-refractivity contribution is -0.134. The molecule has 0 aliphatic carbocycles. The van der Waals surface area contributed by atoms with Gasteiger partial charge in [-0.05, 0) is 36.3 Å². The molecule has 3 rings (SSSR count). The summed E-state index contributed by atoms with van der Waals surface area (Å²) in [5.74, 6) is -1.16. The van der Waals surface area contributed by atoms with E-state index >= 15 is 0 Å². The van der Waals surface area contributed by atoms with Crippen molar-refractivity contribution in [3.05, 3.63) is 71.8 Å². The summed E-state index contributed by atoms with van der Waals surface area (Å²) in [6.45, 7) is 2.88. The maximum Gasteiger partial charge on any atom is 0.245 e. The van der Waals surface area contributed by atoms with Crippen LogP contribution in [0.15, 0.2) is 60.7 Å². The Hall–Kier alpha value is -3.07. The van der Waals surface area contributed by atoms with Gasteiger partial charge in [0.05, 0.1) is 25.9 Å². The van der Waals surface area contributed by atoms with Gasteiger partial charge in [-0.1, -0.05) is 74.5 Å². The van der Waals surface area contributed by atoms with E-state index in [1.807, 2.05) is 50.2 Å². The van der Waals surface area contributed by atoms with E-state index in [1.54, 1.807) is 0 Å². The van der Waals surface area contributed by atoms with Crippen LogP contribution in [-0.2, 0) is 19.1 Å². The summed E-state index contributed by atoms with van der Waals surface area (Å²) in [7, 11) is 0. The van der Waals surface area contributed by atoms with Gasteiger partial charge >= 0.3 is 0 Å². The number of carbonyl (C=O) groups excluding carboxylic acids is 3. The summed E-state index contributed by atoms with van der Waals surface area (Å²) in [6.07, 6.45) is 1.87. The number of ketones is 1. The number of aliphatic hydroxyl groups is 2. The number of epoxide rings is 1. The molecule has 2 unspecified atom stereocenters. The van der Waals surface area contributed by atoms with Crippen molar-refractivity contribution in [3.8, 4) is 0 Å². The molecule has 2 aromatic rings. The lowest BCUT2D eigenvalue weighted by Crippen LogP contribution is -2.55. The number of hydrogen-bond donors (Lipinski definition) is 4. The second-order valence-electron chi connectivity index (χ2n) is 10.1. The average Bonchev–Trinajstić information content (AvgIpc) is 3.71. The minimum atomic E-state index is -1.27. The van der Waals surface area contributed by atoms with E-state index in [1.165, 1.54) is 11.1 Å². The molecule has 2 amide bonds. The molecule has 1 aliphatic heterocycles. The third kappa shape index (κ3) is 7.95. The zero-order chi connectivity index (χ0) is 26.8. The predicted molar refractivity (Wildman–Crippen MR) is 140 cm³/mol. The zero-order valence-electron chi connectivity index (χ0n) is 21.6. The van der Waals surface area contributed by atoms with Gasteiger partial charge in [0.15, 0.2) is 11.4 Å². The van der Waals surface area contributed by atoms with Crippen LogP contribution in [0.5, 0.6) is 0 Å². The molecule has 1 fully saturated rings. The van der Waals surface area contributed by atoms with Gasteiger partial charge in [0.1, 0.15) is 6.04 Å². The Morgan fingerprint density at radius 2 is 1.49 bits per heavy atom. The molecule has 4 N–H and O–H groups in total. The number of nitrogens with one attached hydrogen (secondary N) is 2. The first-order valence-corrected chi connectivity index (χ1v) is 12.9. The third-order valence-corrected chi connectivity index (χ3v) is 6.67. The fourth-order valence-corrected chi connectivity index (χ4v) is 4.52. The largest absolute Gasteiger partial charge is 0.394 e. The van der Waals surface area contributed by atoms with Crippen LogP contribution >= 0.6 is 0 Å². The second-order valence-corrected chi connectivity index (χ2v) is 10.1. The van der Waals surface area contributed by atoms with E-state index in [2.05, 4.69) is 34.9 Å². The first-order valence-electron chi connectivity index (χ1n) is 12.9. The topological polar surface area (TPSA) is 128 Å².